The maximum Gasteiger partial charge on any atom is 0.271 e. The van der Waals surface area contributed by atoms with Gasteiger partial charge in [-0.1, -0.05) is 55.5 Å². The van der Waals surface area contributed by atoms with Crippen molar-refractivity contribution in [1.82, 2.24) is 13.8 Å². The summed E-state index contributed by atoms with van der Waals surface area (Å²) in [7, 11) is -0.696. The molecule has 8 nitrogen and oxygen atoms in total. The third-order valence-electron chi connectivity index (χ3n) is 8.17. The van der Waals surface area contributed by atoms with E-state index in [4.69, 9.17) is 4.74 Å². The Morgan fingerprint density at radius 2 is 1.81 bits per heavy atom. The first kappa shape index (κ1) is 29.9. The zero-order chi connectivity index (χ0) is 30.2. The van der Waals surface area contributed by atoms with E-state index in [9.17, 15) is 22.7 Å². The van der Waals surface area contributed by atoms with Crippen molar-refractivity contribution in [3.05, 3.63) is 89.9 Å². The summed E-state index contributed by atoms with van der Waals surface area (Å²) in [6, 6.07) is 20.0. The van der Waals surface area contributed by atoms with Gasteiger partial charge < -0.3 is 19.3 Å². The second kappa shape index (κ2) is 12.0. The van der Waals surface area contributed by atoms with Crippen molar-refractivity contribution in [1.29, 1.82) is 0 Å². The normalized spacial score (nSPS) is 18.9. The summed E-state index contributed by atoms with van der Waals surface area (Å²) >= 11 is 0. The van der Waals surface area contributed by atoms with E-state index in [0.29, 0.717) is 5.69 Å². The summed E-state index contributed by atoms with van der Waals surface area (Å²) in [6.07, 6.45) is -0.620. The molecule has 0 unspecified atom stereocenters. The summed E-state index contributed by atoms with van der Waals surface area (Å²) in [5, 5.41) is 11.1. The molecule has 222 valence electrons. The van der Waals surface area contributed by atoms with Crippen molar-refractivity contribution in [3.63, 3.8) is 0 Å². The number of hydrogen-bond acceptors (Lipinski definition) is 5. The number of likely N-dealkylation sites (N-methyl/N-ethyl adjacent to an activating group) is 1. The third-order valence-corrected chi connectivity index (χ3v) is 9.99. The predicted octanol–water partition coefficient (Wildman–Crippen LogP) is 4.66. The highest BCUT2D eigenvalue weighted by molar-refractivity contribution is 7.89. The van der Waals surface area contributed by atoms with Crippen molar-refractivity contribution in [3.8, 4) is 11.1 Å². The van der Waals surface area contributed by atoms with Gasteiger partial charge in [0, 0.05) is 49.6 Å². The largest absolute Gasteiger partial charge is 0.394 e. The Balaban J connectivity index is 1.61. The summed E-state index contributed by atoms with van der Waals surface area (Å²) in [4.78, 5) is 15.9. The topological polar surface area (TPSA) is 92.1 Å². The molecule has 0 spiro atoms. The fourth-order valence-corrected chi connectivity index (χ4v) is 6.90. The van der Waals surface area contributed by atoms with Crippen LogP contribution in [0.2, 0.25) is 0 Å². The van der Waals surface area contributed by atoms with Crippen LogP contribution in [0, 0.1) is 11.7 Å². The minimum Gasteiger partial charge on any atom is -0.394 e. The van der Waals surface area contributed by atoms with Gasteiger partial charge in [-0.25, -0.2) is 12.8 Å². The first-order valence-corrected chi connectivity index (χ1v) is 15.4. The zero-order valence-corrected chi connectivity index (χ0v) is 25.0. The highest BCUT2D eigenvalue weighted by atomic mass is 32.2. The van der Waals surface area contributed by atoms with Crippen molar-refractivity contribution in [2.75, 3.05) is 26.7 Å². The molecule has 1 aliphatic heterocycles. The number of nitrogens with zero attached hydrogens (tertiary/aromatic N) is 3. The molecule has 0 bridgehead atoms. The van der Waals surface area contributed by atoms with Gasteiger partial charge in [-0.15, -0.1) is 0 Å². The highest BCUT2D eigenvalue weighted by Crippen LogP contribution is 2.38. The summed E-state index contributed by atoms with van der Waals surface area (Å²) in [5.41, 5.74) is 3.93. The number of aliphatic hydroxyl groups excluding tert-OH is 1. The van der Waals surface area contributed by atoms with Crippen LogP contribution in [0.25, 0.3) is 22.0 Å². The second-order valence-electron chi connectivity index (χ2n) is 11.0. The number of sulfonamides is 1. The lowest BCUT2D eigenvalue weighted by molar-refractivity contribution is -0.0147. The van der Waals surface area contributed by atoms with E-state index >= 15 is 0 Å². The monoisotopic (exact) mass is 593 g/mol. The average Bonchev–Trinajstić information content (AvgIpc) is 3.28. The van der Waals surface area contributed by atoms with Crippen LogP contribution < -0.4 is 0 Å². The van der Waals surface area contributed by atoms with Crippen LogP contribution in [0.4, 0.5) is 4.39 Å². The molecule has 0 saturated carbocycles. The number of hydrogen-bond donors (Lipinski definition) is 1. The lowest BCUT2D eigenvalue weighted by atomic mass is 9.96. The zero-order valence-electron chi connectivity index (χ0n) is 24.2. The highest BCUT2D eigenvalue weighted by Gasteiger charge is 2.35. The van der Waals surface area contributed by atoms with Gasteiger partial charge in [-0.2, -0.15) is 4.31 Å². The smallest absolute Gasteiger partial charge is 0.271 e. The number of amides is 1. The Morgan fingerprint density at radius 1 is 1.10 bits per heavy atom. The molecule has 3 aromatic carbocycles. The lowest BCUT2D eigenvalue weighted by Crippen LogP contribution is -2.48. The molecule has 42 heavy (non-hydrogen) atoms. The third kappa shape index (κ3) is 5.47. The number of ether oxygens (including phenoxy) is 1. The number of carbonyl (C=O) groups is 1. The van der Waals surface area contributed by atoms with E-state index in [1.807, 2.05) is 67.1 Å². The Morgan fingerprint density at radius 3 is 2.55 bits per heavy atom. The van der Waals surface area contributed by atoms with Crippen LogP contribution in [0.1, 0.15) is 29.9 Å². The fraction of sp³-hybridized carbons (Fsp3) is 0.344. The quantitative estimate of drug-likeness (QED) is 0.351. The van der Waals surface area contributed by atoms with Gasteiger partial charge in [0.25, 0.3) is 5.91 Å². The Labute approximate surface area is 246 Å². The van der Waals surface area contributed by atoms with Crippen LogP contribution in [0.3, 0.4) is 0 Å². The molecule has 10 heteroatoms. The number of halogens is 1. The number of para-hydroxylation sites is 1. The van der Waals surface area contributed by atoms with Crippen molar-refractivity contribution >= 4 is 26.8 Å². The molecule has 3 atom stereocenters. The molecule has 1 aromatic heterocycles. The van der Waals surface area contributed by atoms with E-state index in [0.717, 1.165) is 33.7 Å². The molecule has 0 radical (unpaired) electrons. The molecule has 1 amide bonds. The summed E-state index contributed by atoms with van der Waals surface area (Å²) < 4.78 is 50.1. The fourth-order valence-electron chi connectivity index (χ4n) is 5.68. The average molecular weight is 594 g/mol. The molecular formula is C32H36FN3O5S. The van der Waals surface area contributed by atoms with Crippen LogP contribution in [-0.2, 0) is 28.4 Å². The number of carbonyl (C=O) groups excluding carboxylic acids is 1. The number of rotatable bonds is 6. The Hall–Kier alpha value is -3.57. The molecule has 2 heterocycles. The summed E-state index contributed by atoms with van der Waals surface area (Å²) in [6.45, 7) is 3.84. The van der Waals surface area contributed by atoms with Crippen molar-refractivity contribution in [2.45, 2.75) is 37.5 Å². The van der Waals surface area contributed by atoms with Gasteiger partial charge >= 0.3 is 0 Å². The van der Waals surface area contributed by atoms with E-state index in [2.05, 4.69) is 0 Å². The minimum atomic E-state index is -4.01. The van der Waals surface area contributed by atoms with Gasteiger partial charge in [0.15, 0.2) is 0 Å². The molecule has 0 fully saturated rings. The maximum atomic E-state index is 14.4. The van der Waals surface area contributed by atoms with Gasteiger partial charge in [-0.05, 0) is 42.3 Å². The van der Waals surface area contributed by atoms with Gasteiger partial charge in [0.05, 0.1) is 30.3 Å². The number of aliphatic hydroxyl groups is 1. The number of benzene rings is 3. The van der Waals surface area contributed by atoms with Gasteiger partial charge in [0.1, 0.15) is 11.5 Å². The predicted molar refractivity (Wildman–Crippen MR) is 160 cm³/mol. The Kier molecular flexibility index (Phi) is 8.52. The SMILES string of the molecule is C[C@@H]1CN([C@@H](C)CO)C(=O)c2c(c3ccccc3n2C)-c2ccccc2CO[C@@H]1CN(C)S(=O)(=O)c1cccc(F)c1. The lowest BCUT2D eigenvalue weighted by Gasteiger charge is -2.35. The molecule has 5 rings (SSSR count). The molecule has 0 saturated heterocycles. The number of aromatic nitrogens is 1. The molecule has 0 aliphatic carbocycles. The first-order chi connectivity index (χ1) is 20.0. The minimum absolute atomic E-state index is 0.0202. The standard InChI is InChI=1S/C32H36FN3O5S/c1-21-17-36(22(2)19-37)32(38)31-30(27-14-7-8-15-28(27)35(31)4)26-13-6-5-10-23(26)20-41-29(21)18-34(3)42(39,40)25-12-9-11-24(33)16-25/h5-16,21-22,29,37H,17-20H2,1-4H3/t21-,22+,29-/m1/s1. The van der Waals surface area contributed by atoms with E-state index in [1.54, 1.807) is 11.8 Å². The second-order valence-corrected chi connectivity index (χ2v) is 13.1. The first-order valence-electron chi connectivity index (χ1n) is 14.0. The van der Waals surface area contributed by atoms with Crippen LogP contribution >= 0.6 is 0 Å². The molecule has 4 aromatic rings. The molecule has 1 N–H and O–H groups in total. The molecule has 1 aliphatic rings. The molecular weight excluding hydrogens is 557 g/mol. The van der Waals surface area contributed by atoms with Crippen molar-refractivity contribution in [2.24, 2.45) is 13.0 Å². The maximum absolute atomic E-state index is 14.4. The van der Waals surface area contributed by atoms with E-state index < -0.39 is 28.0 Å². The van der Waals surface area contributed by atoms with E-state index in [1.165, 1.54) is 29.6 Å². The van der Waals surface area contributed by atoms with E-state index in [-0.39, 0.29) is 43.0 Å². The Bertz CT molecular complexity index is 1720. The van der Waals surface area contributed by atoms with Crippen LogP contribution in [0.15, 0.2) is 77.7 Å². The summed E-state index contributed by atoms with van der Waals surface area (Å²) in [5.74, 6) is -1.19. The van der Waals surface area contributed by atoms with Gasteiger partial charge in [0.2, 0.25) is 10.0 Å². The van der Waals surface area contributed by atoms with Crippen molar-refractivity contribution < 1.29 is 27.4 Å². The number of aryl methyl sites for hydroxylation is 1. The van der Waals surface area contributed by atoms with Crippen LogP contribution in [-0.4, -0.2) is 72.1 Å². The number of fused-ring (bicyclic) bond motifs is 5. The van der Waals surface area contributed by atoms with Gasteiger partial charge in [-0.3, -0.25) is 4.79 Å². The van der Waals surface area contributed by atoms with Crippen LogP contribution in [0.5, 0.6) is 0 Å².